The molecule has 0 radical (unpaired) electrons. The topological polar surface area (TPSA) is 257 Å². The van der Waals surface area contributed by atoms with E-state index >= 15 is 0 Å². The fourth-order valence-corrected chi connectivity index (χ4v) is 7.66. The second-order valence-electron chi connectivity index (χ2n) is 19.1. The average Bonchev–Trinajstić information content (AvgIpc) is 3.64. The van der Waals surface area contributed by atoms with Crippen molar-refractivity contribution in [3.8, 4) is 0 Å². The Morgan fingerprint density at radius 2 is 1.20 bits per heavy atom. The van der Waals surface area contributed by atoms with Gasteiger partial charge in [0.25, 0.3) is 11.8 Å². The van der Waals surface area contributed by atoms with Gasteiger partial charge in [-0.3, -0.25) is 19.2 Å². The molecule has 0 aromatic heterocycles. The van der Waals surface area contributed by atoms with Crippen molar-refractivity contribution < 1.29 is 80.9 Å². The molecule has 2 aromatic carbocycles. The van der Waals surface area contributed by atoms with E-state index in [4.69, 9.17) is 67.4 Å². The Labute approximate surface area is 466 Å². The molecule has 2 aliphatic rings. The maximum Gasteiger partial charge on any atom is 0.407 e. The number of likely N-dealkylation sites (tertiary alicyclic amines) is 1. The number of anilines is 1. The minimum absolute atomic E-state index is 0.0207. The minimum atomic E-state index is -0.642. The number of hydrogen-bond donors (Lipinski definition) is 3. The van der Waals surface area contributed by atoms with Gasteiger partial charge in [0.15, 0.2) is 0 Å². The molecule has 0 saturated carbocycles. The SMILES string of the molecule is CCCN(OCCNC(=O)OCCOCCOCCOCCOCCOCCOCCOCCOCCOCCOCCC(=O)OC(C)(C)C)C(=O)C1=Cc2ccc(C(=O)N3CCC[C@H](Nc4ccccc4)C3)cc2N=C(N)C1. The molecule has 1 fully saturated rings. The number of carbonyl (C=O) groups excluding carboxylic acids is 4. The van der Waals surface area contributed by atoms with Crippen molar-refractivity contribution in [2.45, 2.75) is 71.4 Å². The van der Waals surface area contributed by atoms with Gasteiger partial charge in [0.1, 0.15) is 18.0 Å². The molecule has 0 bridgehead atoms. The maximum atomic E-state index is 13.7. The highest BCUT2D eigenvalue weighted by atomic mass is 16.7. The van der Waals surface area contributed by atoms with Crippen molar-refractivity contribution in [1.82, 2.24) is 15.3 Å². The van der Waals surface area contributed by atoms with Crippen LogP contribution in [0.5, 0.6) is 0 Å². The molecule has 2 aromatic rings. The fourth-order valence-electron chi connectivity index (χ4n) is 7.66. The van der Waals surface area contributed by atoms with E-state index in [9.17, 15) is 19.2 Å². The third kappa shape index (κ3) is 30.7. The van der Waals surface area contributed by atoms with Crippen LogP contribution in [0.3, 0.4) is 0 Å². The molecule has 23 heteroatoms. The molecule has 2 heterocycles. The van der Waals surface area contributed by atoms with Crippen LogP contribution in [0.25, 0.3) is 6.08 Å². The van der Waals surface area contributed by atoms with E-state index in [1.807, 2.05) is 62.9 Å². The number of benzene rings is 2. The van der Waals surface area contributed by atoms with E-state index in [1.165, 1.54) is 5.06 Å². The number of hydrogen-bond acceptors (Lipinski definition) is 20. The van der Waals surface area contributed by atoms with Gasteiger partial charge in [0, 0.05) is 61.0 Å². The monoisotopic (exact) mass is 1120 g/mol. The molecule has 444 valence electrons. The number of nitrogens with one attached hydrogen (secondary N) is 2. The quantitative estimate of drug-likeness (QED) is 0.0450. The Kier molecular flexibility index (Phi) is 34.2. The first-order valence-corrected chi connectivity index (χ1v) is 27.5. The number of amides is 3. The van der Waals surface area contributed by atoms with Crippen LogP contribution < -0.4 is 16.4 Å². The zero-order valence-corrected chi connectivity index (χ0v) is 47.1. The predicted octanol–water partition coefficient (Wildman–Crippen LogP) is 4.97. The zero-order valence-electron chi connectivity index (χ0n) is 47.1. The van der Waals surface area contributed by atoms with Crippen molar-refractivity contribution in [1.29, 1.82) is 0 Å². The van der Waals surface area contributed by atoms with Gasteiger partial charge in [0.2, 0.25) is 0 Å². The van der Waals surface area contributed by atoms with E-state index in [1.54, 1.807) is 24.3 Å². The third-order valence-corrected chi connectivity index (χ3v) is 11.3. The highest BCUT2D eigenvalue weighted by molar-refractivity contribution is 6.05. The van der Waals surface area contributed by atoms with Crippen LogP contribution in [-0.4, -0.2) is 223 Å². The number of piperidine rings is 1. The summed E-state index contributed by atoms with van der Waals surface area (Å²) in [5, 5.41) is 7.42. The van der Waals surface area contributed by atoms with Gasteiger partial charge in [-0.05, 0) is 70.4 Å². The summed E-state index contributed by atoms with van der Waals surface area (Å²) >= 11 is 0. The van der Waals surface area contributed by atoms with Gasteiger partial charge in [-0.15, -0.1) is 0 Å². The first-order chi connectivity index (χ1) is 38.4. The minimum Gasteiger partial charge on any atom is -0.460 e. The molecule has 79 heavy (non-hydrogen) atoms. The van der Waals surface area contributed by atoms with Gasteiger partial charge < -0.3 is 78.1 Å². The molecule has 2 aliphatic heterocycles. The standard InChI is InChI=1S/C56H88N6O17/c1-5-17-62(54(65)47-41-45-13-14-46(42-50(45)60-51(57)43-47)53(64)61-18-9-12-49(44-61)59-48-10-7-6-8-11-48)78-20-16-58-55(66)77-40-39-76-38-37-75-36-35-74-34-33-73-32-31-72-30-29-71-28-27-70-26-25-69-24-23-68-22-21-67-19-15-52(63)79-56(2,3)4/h6-8,10-11,13-14,41-42,49,59H,5,9,12,15-40,43-44H2,1-4H3,(H2,57,60)(H,58,66)/t49-/m0/s1. The zero-order chi connectivity index (χ0) is 56.6. The number of ether oxygens (including phenoxy) is 12. The molecule has 4 N–H and O–H groups in total. The predicted molar refractivity (Wildman–Crippen MR) is 295 cm³/mol. The average molecular weight is 1120 g/mol. The van der Waals surface area contributed by atoms with Crippen LogP contribution in [0.1, 0.15) is 75.7 Å². The molecule has 4 rings (SSSR count). The summed E-state index contributed by atoms with van der Waals surface area (Å²) < 4.78 is 65.2. The fraction of sp³-hybridized carbons (Fsp3) is 0.661. The van der Waals surface area contributed by atoms with Gasteiger partial charge >= 0.3 is 12.1 Å². The number of nitrogens with zero attached hydrogens (tertiary/aromatic N) is 3. The smallest absolute Gasteiger partial charge is 0.407 e. The van der Waals surface area contributed by atoms with Crippen LogP contribution in [-0.2, 0) is 71.3 Å². The van der Waals surface area contributed by atoms with Crippen molar-refractivity contribution in [2.24, 2.45) is 10.7 Å². The Hall–Kier alpha value is -5.31. The van der Waals surface area contributed by atoms with Gasteiger partial charge in [-0.2, -0.15) is 0 Å². The lowest BCUT2D eigenvalue weighted by molar-refractivity contribution is -0.181. The first-order valence-electron chi connectivity index (χ1n) is 27.5. The van der Waals surface area contributed by atoms with Crippen molar-refractivity contribution in [3.05, 3.63) is 65.2 Å². The summed E-state index contributed by atoms with van der Waals surface area (Å²) in [6.45, 7) is 17.4. The summed E-state index contributed by atoms with van der Waals surface area (Å²) in [5.41, 5.74) is 8.92. The van der Waals surface area contributed by atoms with E-state index in [-0.39, 0.29) is 68.9 Å². The highest BCUT2D eigenvalue weighted by Crippen LogP contribution is 2.30. The Bertz CT molecular complexity index is 2080. The van der Waals surface area contributed by atoms with Gasteiger partial charge in [-0.25, -0.2) is 14.9 Å². The molecule has 0 unspecified atom stereocenters. The summed E-state index contributed by atoms with van der Waals surface area (Å²) in [4.78, 5) is 63.5. The van der Waals surface area contributed by atoms with E-state index in [2.05, 4.69) is 15.6 Å². The largest absolute Gasteiger partial charge is 0.460 e. The first kappa shape index (κ1) is 66.2. The number of hydroxylamine groups is 2. The Morgan fingerprint density at radius 3 is 1.72 bits per heavy atom. The molecule has 0 spiro atoms. The summed E-state index contributed by atoms with van der Waals surface area (Å²) in [7, 11) is 0. The molecule has 3 amide bonds. The van der Waals surface area contributed by atoms with Gasteiger partial charge in [-0.1, -0.05) is 31.2 Å². The lowest BCUT2D eigenvalue weighted by atomic mass is 10.0. The lowest BCUT2D eigenvalue weighted by Gasteiger charge is -2.34. The van der Waals surface area contributed by atoms with Crippen molar-refractivity contribution >= 4 is 47.2 Å². The maximum absolute atomic E-state index is 13.7. The summed E-state index contributed by atoms with van der Waals surface area (Å²) in [6.07, 6.45) is 3.89. The van der Waals surface area contributed by atoms with E-state index < -0.39 is 11.7 Å². The Balaban J connectivity index is 0.896. The number of carbonyl (C=O) groups is 4. The second-order valence-corrected chi connectivity index (χ2v) is 19.1. The van der Waals surface area contributed by atoms with Crippen LogP contribution in [0, 0.1) is 0 Å². The normalized spacial score (nSPS) is 14.4. The second kappa shape index (κ2) is 40.8. The number of para-hydroxylation sites is 1. The van der Waals surface area contributed by atoms with E-state index in [0.717, 1.165) is 18.5 Å². The molecular weight excluding hydrogens is 1030 g/mol. The highest BCUT2D eigenvalue weighted by Gasteiger charge is 2.27. The number of esters is 1. The summed E-state index contributed by atoms with van der Waals surface area (Å²) in [6, 6.07) is 15.4. The molecule has 1 saturated heterocycles. The number of alkyl carbamates (subject to hydrolysis) is 1. The van der Waals surface area contributed by atoms with Gasteiger partial charge in [0.05, 0.1) is 151 Å². The van der Waals surface area contributed by atoms with Crippen LogP contribution in [0.15, 0.2) is 59.1 Å². The number of nitrogens with two attached hydrogens (primary N) is 1. The lowest BCUT2D eigenvalue weighted by Crippen LogP contribution is -2.45. The Morgan fingerprint density at radius 1 is 0.684 bits per heavy atom. The molecule has 23 nitrogen and oxygen atoms in total. The number of rotatable bonds is 43. The van der Waals surface area contributed by atoms with Crippen LogP contribution >= 0.6 is 0 Å². The van der Waals surface area contributed by atoms with Crippen molar-refractivity contribution in [3.63, 3.8) is 0 Å². The van der Waals surface area contributed by atoms with Crippen molar-refractivity contribution in [2.75, 3.05) is 177 Å². The van der Waals surface area contributed by atoms with Crippen LogP contribution in [0.4, 0.5) is 16.2 Å². The number of amidine groups is 1. The number of aliphatic imine (C=N–C) groups is 1. The molecule has 0 aliphatic carbocycles. The van der Waals surface area contributed by atoms with E-state index in [0.29, 0.717) is 174 Å². The van der Waals surface area contributed by atoms with Crippen LogP contribution in [0.2, 0.25) is 0 Å². The summed E-state index contributed by atoms with van der Waals surface area (Å²) in [5.74, 6) is -0.492. The molecule has 1 atom stereocenters. The number of fused-ring (bicyclic) bond motifs is 1. The molecular formula is C56H88N6O17. The third-order valence-electron chi connectivity index (χ3n) is 11.3.